The van der Waals surface area contributed by atoms with Crippen LogP contribution in [0.25, 0.3) is 0 Å². The van der Waals surface area contributed by atoms with E-state index >= 15 is 0 Å². The van der Waals surface area contributed by atoms with E-state index in [9.17, 15) is 9.59 Å². The van der Waals surface area contributed by atoms with E-state index in [1.54, 1.807) is 11.8 Å². The van der Waals surface area contributed by atoms with Gasteiger partial charge >= 0.3 is 12.1 Å². The predicted octanol–water partition coefficient (Wildman–Crippen LogP) is 4.04. The van der Waals surface area contributed by atoms with Crippen molar-refractivity contribution in [1.82, 2.24) is 4.90 Å². The van der Waals surface area contributed by atoms with Gasteiger partial charge in [0.15, 0.2) is 0 Å². The van der Waals surface area contributed by atoms with Crippen LogP contribution in [0.1, 0.15) is 61.0 Å². The zero-order chi connectivity index (χ0) is 17.0. The quantitative estimate of drug-likeness (QED) is 0.780. The lowest BCUT2D eigenvalue weighted by molar-refractivity contribution is 0.0205. The van der Waals surface area contributed by atoms with Crippen LogP contribution < -0.4 is 0 Å². The van der Waals surface area contributed by atoms with Crippen LogP contribution in [-0.2, 0) is 9.47 Å². The van der Waals surface area contributed by atoms with Gasteiger partial charge in [-0.2, -0.15) is 0 Å². The van der Waals surface area contributed by atoms with E-state index in [4.69, 9.17) is 9.47 Å². The molecule has 1 aromatic heterocycles. The largest absolute Gasteiger partial charge is 0.462 e. The number of ether oxygens (including phenoxy) is 2. The van der Waals surface area contributed by atoms with E-state index in [2.05, 4.69) is 0 Å². The minimum absolute atomic E-state index is 0.241. The Morgan fingerprint density at radius 1 is 1.26 bits per heavy atom. The Morgan fingerprint density at radius 3 is 2.48 bits per heavy atom. The van der Waals surface area contributed by atoms with E-state index in [-0.39, 0.29) is 12.1 Å². The van der Waals surface area contributed by atoms with Crippen LogP contribution in [0, 0.1) is 0 Å². The maximum Gasteiger partial charge on any atom is 0.410 e. The van der Waals surface area contributed by atoms with Crippen molar-refractivity contribution in [3.05, 3.63) is 21.9 Å². The summed E-state index contributed by atoms with van der Waals surface area (Å²) < 4.78 is 10.4. The molecule has 1 fully saturated rings. The SMILES string of the molecule is CCOC(=O)c1ccc(C2CCN(C(=O)OC(C)(C)C)CC2)s1. The van der Waals surface area contributed by atoms with Crippen molar-refractivity contribution in [1.29, 1.82) is 0 Å². The molecule has 1 aliphatic heterocycles. The first-order valence-corrected chi connectivity index (χ1v) is 8.86. The van der Waals surface area contributed by atoms with Gasteiger partial charge in [-0.15, -0.1) is 11.3 Å². The van der Waals surface area contributed by atoms with Gasteiger partial charge in [0, 0.05) is 18.0 Å². The van der Waals surface area contributed by atoms with Crippen LogP contribution in [0.4, 0.5) is 4.79 Å². The van der Waals surface area contributed by atoms with Gasteiger partial charge in [0.1, 0.15) is 10.5 Å². The Balaban J connectivity index is 1.89. The van der Waals surface area contributed by atoms with Crippen molar-refractivity contribution in [3.63, 3.8) is 0 Å². The molecule has 0 aromatic carbocycles. The number of piperidine rings is 1. The highest BCUT2D eigenvalue weighted by Gasteiger charge is 2.28. The molecule has 5 nitrogen and oxygen atoms in total. The number of amides is 1. The van der Waals surface area contributed by atoms with Gasteiger partial charge in [0.05, 0.1) is 6.61 Å². The topological polar surface area (TPSA) is 55.8 Å². The van der Waals surface area contributed by atoms with E-state index in [0.717, 1.165) is 12.8 Å². The van der Waals surface area contributed by atoms with Crippen LogP contribution in [-0.4, -0.2) is 42.3 Å². The minimum atomic E-state index is -0.462. The molecular weight excluding hydrogens is 314 g/mol. The number of likely N-dealkylation sites (tertiary alicyclic amines) is 1. The molecule has 23 heavy (non-hydrogen) atoms. The Kier molecular flexibility index (Phi) is 5.68. The molecule has 0 N–H and O–H groups in total. The maximum absolute atomic E-state index is 12.1. The highest BCUT2D eigenvalue weighted by Crippen LogP contribution is 2.33. The highest BCUT2D eigenvalue weighted by molar-refractivity contribution is 7.14. The summed E-state index contributed by atoms with van der Waals surface area (Å²) in [6.45, 7) is 9.19. The fraction of sp³-hybridized carbons (Fsp3) is 0.647. The third-order valence-corrected chi connectivity index (χ3v) is 4.88. The standard InChI is InChI=1S/C17H25NO4S/c1-5-21-15(19)14-7-6-13(23-14)12-8-10-18(11-9-12)16(20)22-17(2,3)4/h6-7,12H,5,8-11H2,1-4H3. The van der Waals surface area contributed by atoms with Crippen LogP contribution >= 0.6 is 11.3 Å². The normalized spacial score (nSPS) is 16.3. The molecule has 0 unspecified atom stereocenters. The van der Waals surface area contributed by atoms with Crippen molar-refractivity contribution in [3.8, 4) is 0 Å². The number of carbonyl (C=O) groups is 2. The number of carbonyl (C=O) groups excluding carboxylic acids is 2. The Labute approximate surface area is 141 Å². The average Bonchev–Trinajstić information content (AvgIpc) is 2.96. The molecule has 6 heteroatoms. The lowest BCUT2D eigenvalue weighted by atomic mass is 9.95. The fourth-order valence-corrected chi connectivity index (χ4v) is 3.63. The Bertz CT molecular complexity index is 553. The summed E-state index contributed by atoms with van der Waals surface area (Å²) in [5.74, 6) is 0.136. The van der Waals surface area contributed by atoms with E-state index in [1.807, 2.05) is 32.9 Å². The van der Waals surface area contributed by atoms with Crippen molar-refractivity contribution in [2.75, 3.05) is 19.7 Å². The van der Waals surface area contributed by atoms with Gasteiger partial charge in [-0.3, -0.25) is 0 Å². The lowest BCUT2D eigenvalue weighted by Gasteiger charge is -2.33. The van der Waals surface area contributed by atoms with E-state index in [1.165, 1.54) is 16.2 Å². The van der Waals surface area contributed by atoms with Crippen LogP contribution in [0.15, 0.2) is 12.1 Å². The van der Waals surface area contributed by atoms with E-state index < -0.39 is 5.60 Å². The first-order chi connectivity index (χ1) is 10.8. The molecule has 0 saturated carbocycles. The summed E-state index contributed by atoms with van der Waals surface area (Å²) in [5.41, 5.74) is -0.462. The van der Waals surface area contributed by atoms with Gasteiger partial charge in [-0.25, -0.2) is 9.59 Å². The van der Waals surface area contributed by atoms with Gasteiger partial charge in [-0.05, 0) is 58.6 Å². The highest BCUT2D eigenvalue weighted by atomic mass is 32.1. The fourth-order valence-electron chi connectivity index (χ4n) is 2.56. The smallest absolute Gasteiger partial charge is 0.410 e. The lowest BCUT2D eigenvalue weighted by Crippen LogP contribution is -2.41. The molecule has 0 spiro atoms. The van der Waals surface area contributed by atoms with Gasteiger partial charge in [-0.1, -0.05) is 0 Å². The molecule has 0 atom stereocenters. The first-order valence-electron chi connectivity index (χ1n) is 8.05. The minimum Gasteiger partial charge on any atom is -0.462 e. The molecule has 2 heterocycles. The monoisotopic (exact) mass is 339 g/mol. The molecule has 1 amide bonds. The molecular formula is C17H25NO4S. The predicted molar refractivity (Wildman–Crippen MR) is 90.1 cm³/mol. The molecule has 128 valence electrons. The van der Waals surface area contributed by atoms with Crippen LogP contribution in [0.2, 0.25) is 0 Å². The number of hydrogen-bond donors (Lipinski definition) is 0. The summed E-state index contributed by atoms with van der Waals surface area (Å²) in [6, 6.07) is 3.84. The second-order valence-corrected chi connectivity index (χ2v) is 7.78. The Morgan fingerprint density at radius 2 is 1.91 bits per heavy atom. The molecule has 1 aliphatic rings. The second-order valence-electron chi connectivity index (χ2n) is 6.66. The zero-order valence-corrected chi connectivity index (χ0v) is 15.1. The van der Waals surface area contributed by atoms with Crippen molar-refractivity contribution >= 4 is 23.4 Å². The molecule has 1 saturated heterocycles. The third-order valence-electron chi connectivity index (χ3n) is 3.65. The van der Waals surface area contributed by atoms with Crippen LogP contribution in [0.5, 0.6) is 0 Å². The van der Waals surface area contributed by atoms with Crippen molar-refractivity contribution in [2.24, 2.45) is 0 Å². The molecule has 0 aliphatic carbocycles. The summed E-state index contributed by atoms with van der Waals surface area (Å²) in [6.07, 6.45) is 1.54. The Hall–Kier alpha value is -1.56. The number of esters is 1. The number of rotatable bonds is 3. The zero-order valence-electron chi connectivity index (χ0n) is 14.3. The number of thiophene rings is 1. The molecule has 1 aromatic rings. The summed E-state index contributed by atoms with van der Waals surface area (Å²) in [5, 5.41) is 0. The van der Waals surface area contributed by atoms with Crippen molar-refractivity contribution < 1.29 is 19.1 Å². The number of hydrogen-bond acceptors (Lipinski definition) is 5. The number of nitrogens with zero attached hydrogens (tertiary/aromatic N) is 1. The molecule has 2 rings (SSSR count). The summed E-state index contributed by atoms with van der Waals surface area (Å²) >= 11 is 1.50. The van der Waals surface area contributed by atoms with Gasteiger partial charge in [0.2, 0.25) is 0 Å². The summed E-state index contributed by atoms with van der Waals surface area (Å²) in [7, 11) is 0. The maximum atomic E-state index is 12.1. The first kappa shape index (κ1) is 17.8. The second kappa shape index (κ2) is 7.34. The van der Waals surface area contributed by atoms with Gasteiger partial charge in [0.25, 0.3) is 0 Å². The third kappa shape index (κ3) is 4.96. The summed E-state index contributed by atoms with van der Waals surface area (Å²) in [4.78, 5) is 27.4. The van der Waals surface area contributed by atoms with Crippen molar-refractivity contribution in [2.45, 2.75) is 52.1 Å². The van der Waals surface area contributed by atoms with E-state index in [0.29, 0.717) is 30.5 Å². The molecule has 0 bridgehead atoms. The average molecular weight is 339 g/mol. The molecule has 0 radical (unpaired) electrons. The van der Waals surface area contributed by atoms with Gasteiger partial charge < -0.3 is 14.4 Å². The van der Waals surface area contributed by atoms with Crippen LogP contribution in [0.3, 0.4) is 0 Å².